The van der Waals surface area contributed by atoms with Crippen molar-refractivity contribution in [1.82, 2.24) is 9.97 Å². The Kier molecular flexibility index (Phi) is 7.39. The van der Waals surface area contributed by atoms with E-state index in [-0.39, 0.29) is 0 Å². The fraction of sp³-hybridized carbons (Fsp3) is 0.0189. The van der Waals surface area contributed by atoms with Crippen LogP contribution in [0.1, 0.15) is 22.3 Å². The molecule has 0 radical (unpaired) electrons. The van der Waals surface area contributed by atoms with Crippen LogP contribution in [-0.2, 0) is 5.41 Å². The van der Waals surface area contributed by atoms with Crippen molar-refractivity contribution in [1.29, 1.82) is 0 Å². The van der Waals surface area contributed by atoms with Gasteiger partial charge in [0, 0.05) is 27.5 Å². The van der Waals surface area contributed by atoms with Gasteiger partial charge in [0.05, 0.1) is 16.8 Å². The van der Waals surface area contributed by atoms with E-state index >= 15 is 0 Å². The number of hydrogen-bond acceptors (Lipinski definition) is 3. The molecule has 262 valence electrons. The first-order valence-electron chi connectivity index (χ1n) is 19.1. The standard InChI is InChI=1S/C53H34N2O/c1-4-15-37(16-5-1)52-54-47(36-29-27-35(28-30-36)38-31-32-50-44(33-38)41-21-11-13-26-49(41)56-50)34-48(55-52)43-23-14-25-46-51(43)42-22-10-12-24-45(42)53(46,39-17-6-2-7-18-39)40-19-8-3-9-20-40/h1-34H. The van der Waals surface area contributed by atoms with Crippen LogP contribution in [0, 0.1) is 0 Å². The maximum Gasteiger partial charge on any atom is 0.160 e. The van der Waals surface area contributed by atoms with E-state index in [1.807, 2.05) is 30.3 Å². The van der Waals surface area contributed by atoms with Crippen molar-refractivity contribution in [3.8, 4) is 56.2 Å². The Morgan fingerprint density at radius 1 is 0.357 bits per heavy atom. The molecule has 1 aliphatic rings. The third-order valence-electron chi connectivity index (χ3n) is 11.4. The minimum absolute atomic E-state index is 0.496. The van der Waals surface area contributed by atoms with Crippen LogP contribution in [-0.4, -0.2) is 9.97 Å². The highest BCUT2D eigenvalue weighted by atomic mass is 16.3. The molecule has 0 amide bonds. The highest BCUT2D eigenvalue weighted by Gasteiger charge is 2.46. The topological polar surface area (TPSA) is 38.9 Å². The van der Waals surface area contributed by atoms with E-state index < -0.39 is 5.41 Å². The summed E-state index contributed by atoms with van der Waals surface area (Å²) in [4.78, 5) is 10.5. The predicted molar refractivity (Wildman–Crippen MR) is 228 cm³/mol. The van der Waals surface area contributed by atoms with Crippen LogP contribution in [0.3, 0.4) is 0 Å². The summed E-state index contributed by atoms with van der Waals surface area (Å²) in [6.45, 7) is 0. The Balaban J connectivity index is 1.09. The largest absolute Gasteiger partial charge is 0.456 e. The average Bonchev–Trinajstić information content (AvgIpc) is 3.81. The van der Waals surface area contributed by atoms with Crippen molar-refractivity contribution in [3.05, 3.63) is 229 Å². The summed E-state index contributed by atoms with van der Waals surface area (Å²) in [5, 5.41) is 2.25. The lowest BCUT2D eigenvalue weighted by atomic mass is 9.67. The first-order valence-corrected chi connectivity index (χ1v) is 19.1. The number of rotatable bonds is 6. The first kappa shape index (κ1) is 32.1. The minimum Gasteiger partial charge on any atom is -0.456 e. The quantitative estimate of drug-likeness (QED) is 0.172. The molecule has 3 nitrogen and oxygen atoms in total. The lowest BCUT2D eigenvalue weighted by Crippen LogP contribution is -2.28. The Labute approximate surface area is 325 Å². The van der Waals surface area contributed by atoms with E-state index in [1.165, 1.54) is 33.4 Å². The molecule has 0 saturated carbocycles. The molecular weight excluding hydrogens is 681 g/mol. The van der Waals surface area contributed by atoms with Gasteiger partial charge in [-0.3, -0.25) is 0 Å². The molecule has 11 rings (SSSR count). The second-order valence-corrected chi connectivity index (χ2v) is 14.5. The number of fused-ring (bicyclic) bond motifs is 6. The maximum absolute atomic E-state index is 6.10. The van der Waals surface area contributed by atoms with Gasteiger partial charge < -0.3 is 4.42 Å². The second kappa shape index (κ2) is 12.9. The molecule has 0 bridgehead atoms. The van der Waals surface area contributed by atoms with Crippen molar-refractivity contribution >= 4 is 21.9 Å². The lowest BCUT2D eigenvalue weighted by molar-refractivity contribution is 0.669. The number of hydrogen-bond donors (Lipinski definition) is 0. The molecule has 0 N–H and O–H groups in total. The Bertz CT molecular complexity index is 3020. The summed E-state index contributed by atoms with van der Waals surface area (Å²) < 4.78 is 6.10. The lowest BCUT2D eigenvalue weighted by Gasteiger charge is -2.33. The summed E-state index contributed by atoms with van der Waals surface area (Å²) in [6, 6.07) is 73.3. The van der Waals surface area contributed by atoms with Crippen LogP contribution >= 0.6 is 0 Å². The van der Waals surface area contributed by atoms with Crippen LogP contribution in [0.4, 0.5) is 0 Å². The van der Waals surface area contributed by atoms with Crippen LogP contribution < -0.4 is 0 Å². The normalized spacial score (nSPS) is 12.8. The molecular formula is C53H34N2O. The molecule has 56 heavy (non-hydrogen) atoms. The summed E-state index contributed by atoms with van der Waals surface area (Å²) in [5.41, 5.74) is 15.9. The third kappa shape index (κ3) is 4.98. The molecule has 10 aromatic rings. The SMILES string of the molecule is c1ccc(-c2nc(-c3ccc(-c4ccc5oc6ccccc6c5c4)cc3)cc(-c3cccc4c3-c3ccccc3C4(c3ccccc3)c3ccccc3)n2)cc1. The van der Waals surface area contributed by atoms with E-state index in [4.69, 9.17) is 14.4 Å². The van der Waals surface area contributed by atoms with Gasteiger partial charge in [-0.2, -0.15) is 0 Å². The first-order chi connectivity index (χ1) is 27.8. The Hall–Kier alpha value is -7.36. The molecule has 0 spiro atoms. The summed E-state index contributed by atoms with van der Waals surface area (Å²) in [6.07, 6.45) is 0. The Morgan fingerprint density at radius 2 is 0.929 bits per heavy atom. The molecule has 2 aromatic heterocycles. The highest BCUT2D eigenvalue weighted by Crippen LogP contribution is 2.58. The van der Waals surface area contributed by atoms with Crippen molar-refractivity contribution < 1.29 is 4.42 Å². The van der Waals surface area contributed by atoms with E-state index in [9.17, 15) is 0 Å². The van der Waals surface area contributed by atoms with Gasteiger partial charge >= 0.3 is 0 Å². The van der Waals surface area contributed by atoms with Gasteiger partial charge in [-0.25, -0.2) is 9.97 Å². The van der Waals surface area contributed by atoms with Crippen molar-refractivity contribution in [2.45, 2.75) is 5.41 Å². The fourth-order valence-corrected chi connectivity index (χ4v) is 8.90. The second-order valence-electron chi connectivity index (χ2n) is 14.5. The van der Waals surface area contributed by atoms with Gasteiger partial charge in [0.2, 0.25) is 0 Å². The van der Waals surface area contributed by atoms with Crippen molar-refractivity contribution in [2.24, 2.45) is 0 Å². The van der Waals surface area contributed by atoms with E-state index in [2.05, 4.69) is 176 Å². The molecule has 8 aromatic carbocycles. The van der Waals surface area contributed by atoms with Gasteiger partial charge in [-0.05, 0) is 68.8 Å². The number of nitrogens with zero attached hydrogens (tertiary/aromatic N) is 2. The monoisotopic (exact) mass is 714 g/mol. The highest BCUT2D eigenvalue weighted by molar-refractivity contribution is 6.06. The summed E-state index contributed by atoms with van der Waals surface area (Å²) in [7, 11) is 0. The number of aromatic nitrogens is 2. The fourth-order valence-electron chi connectivity index (χ4n) is 8.90. The number of furan rings is 1. The van der Waals surface area contributed by atoms with E-state index in [0.717, 1.165) is 61.1 Å². The molecule has 0 fully saturated rings. The average molecular weight is 715 g/mol. The molecule has 2 heterocycles. The van der Waals surface area contributed by atoms with Crippen molar-refractivity contribution in [3.63, 3.8) is 0 Å². The van der Waals surface area contributed by atoms with Crippen LogP contribution in [0.15, 0.2) is 211 Å². The Morgan fingerprint density at radius 3 is 1.70 bits per heavy atom. The van der Waals surface area contributed by atoms with E-state index in [0.29, 0.717) is 5.82 Å². The smallest absolute Gasteiger partial charge is 0.160 e. The minimum atomic E-state index is -0.496. The van der Waals surface area contributed by atoms with Crippen LogP contribution in [0.25, 0.3) is 78.1 Å². The maximum atomic E-state index is 6.10. The molecule has 1 aliphatic carbocycles. The zero-order valence-corrected chi connectivity index (χ0v) is 30.4. The zero-order chi connectivity index (χ0) is 37.1. The zero-order valence-electron chi connectivity index (χ0n) is 30.4. The van der Waals surface area contributed by atoms with Gasteiger partial charge in [0.25, 0.3) is 0 Å². The summed E-state index contributed by atoms with van der Waals surface area (Å²) in [5.74, 6) is 0.695. The van der Waals surface area contributed by atoms with Gasteiger partial charge in [-0.15, -0.1) is 0 Å². The van der Waals surface area contributed by atoms with Gasteiger partial charge in [0.1, 0.15) is 11.2 Å². The van der Waals surface area contributed by atoms with Crippen molar-refractivity contribution in [2.75, 3.05) is 0 Å². The molecule has 0 aliphatic heterocycles. The van der Waals surface area contributed by atoms with Gasteiger partial charge in [0.15, 0.2) is 5.82 Å². The number of benzene rings is 8. The number of para-hydroxylation sites is 1. The molecule has 0 atom stereocenters. The summed E-state index contributed by atoms with van der Waals surface area (Å²) >= 11 is 0. The molecule has 3 heteroatoms. The molecule has 0 saturated heterocycles. The molecule has 0 unspecified atom stereocenters. The van der Waals surface area contributed by atoms with Gasteiger partial charge in [-0.1, -0.05) is 182 Å². The van der Waals surface area contributed by atoms with E-state index in [1.54, 1.807) is 0 Å². The predicted octanol–water partition coefficient (Wildman–Crippen LogP) is 13.4. The van der Waals surface area contributed by atoms with Crippen LogP contribution in [0.5, 0.6) is 0 Å². The third-order valence-corrected chi connectivity index (χ3v) is 11.4. The van der Waals surface area contributed by atoms with Crippen LogP contribution in [0.2, 0.25) is 0 Å².